The molecule has 1 aliphatic rings. The molecule has 0 saturated heterocycles. The van der Waals surface area contributed by atoms with Gasteiger partial charge in [0.2, 0.25) is 5.88 Å². The second-order valence-electron chi connectivity index (χ2n) is 6.39. The Morgan fingerprint density at radius 3 is 2.62 bits per heavy atom. The molecular formula is C17H26F3IN4O. The van der Waals surface area contributed by atoms with Crippen molar-refractivity contribution >= 4 is 29.9 Å². The van der Waals surface area contributed by atoms with E-state index in [1.165, 1.54) is 31.5 Å². The summed E-state index contributed by atoms with van der Waals surface area (Å²) in [5.74, 6) is 0.633. The lowest BCUT2D eigenvalue weighted by Crippen LogP contribution is -2.46. The van der Waals surface area contributed by atoms with Crippen LogP contribution in [0.4, 0.5) is 13.2 Å². The first kappa shape index (κ1) is 22.8. The van der Waals surface area contributed by atoms with Gasteiger partial charge in [0.25, 0.3) is 0 Å². The number of alkyl halides is 3. The molecule has 1 aromatic heterocycles. The van der Waals surface area contributed by atoms with Gasteiger partial charge in [-0.05, 0) is 36.3 Å². The molecule has 0 amide bonds. The maximum absolute atomic E-state index is 12.2. The molecule has 1 aliphatic carbocycles. The lowest BCUT2D eigenvalue weighted by Gasteiger charge is -2.41. The summed E-state index contributed by atoms with van der Waals surface area (Å²) >= 11 is 0. The first-order valence-corrected chi connectivity index (χ1v) is 8.45. The fraction of sp³-hybridized carbons (Fsp3) is 0.647. The molecule has 2 rings (SSSR count). The molecule has 9 heteroatoms. The number of aliphatic imine (C=N–C) groups is 1. The Hall–Kier alpha value is -1.26. The second-order valence-corrected chi connectivity index (χ2v) is 6.39. The van der Waals surface area contributed by atoms with Crippen LogP contribution in [-0.4, -0.2) is 37.3 Å². The zero-order valence-electron chi connectivity index (χ0n) is 15.0. The maximum Gasteiger partial charge on any atom is 0.422 e. The van der Waals surface area contributed by atoms with E-state index in [4.69, 9.17) is 0 Å². The highest BCUT2D eigenvalue weighted by atomic mass is 127. The minimum absolute atomic E-state index is 0. The van der Waals surface area contributed by atoms with Gasteiger partial charge in [0.15, 0.2) is 12.6 Å². The molecule has 0 atom stereocenters. The third-order valence-corrected chi connectivity index (χ3v) is 4.66. The number of rotatable bonds is 7. The van der Waals surface area contributed by atoms with Crippen molar-refractivity contribution in [1.29, 1.82) is 0 Å². The van der Waals surface area contributed by atoms with Crippen molar-refractivity contribution in [2.75, 3.05) is 20.2 Å². The number of hydrogen-bond acceptors (Lipinski definition) is 3. The molecular weight excluding hydrogens is 460 g/mol. The molecule has 0 aromatic carbocycles. The van der Waals surface area contributed by atoms with Crippen LogP contribution < -0.4 is 15.4 Å². The van der Waals surface area contributed by atoms with E-state index in [1.54, 1.807) is 13.1 Å². The van der Waals surface area contributed by atoms with Crippen molar-refractivity contribution in [1.82, 2.24) is 15.6 Å². The van der Waals surface area contributed by atoms with Crippen molar-refractivity contribution in [3.63, 3.8) is 0 Å². The second kappa shape index (κ2) is 10.2. The molecule has 0 bridgehead atoms. The Kier molecular flexibility index (Phi) is 8.91. The first-order valence-electron chi connectivity index (χ1n) is 8.45. The van der Waals surface area contributed by atoms with Crippen LogP contribution in [-0.2, 0) is 6.54 Å². The Morgan fingerprint density at radius 1 is 1.35 bits per heavy atom. The van der Waals surface area contributed by atoms with Crippen LogP contribution in [0.15, 0.2) is 23.3 Å². The summed E-state index contributed by atoms with van der Waals surface area (Å²) in [4.78, 5) is 7.98. The standard InChI is InChI=1S/C17H25F3N4O.HI/c1-3-16(6-4-7-16)11-24-15(21-2)23-10-13-5-8-22-14(9-13)25-12-17(18,19)20;/h5,8-9H,3-4,6-7,10-12H2,1-2H3,(H2,21,23,24);1H. The first-order chi connectivity index (χ1) is 11.9. The van der Waals surface area contributed by atoms with Crippen molar-refractivity contribution in [3.05, 3.63) is 23.9 Å². The van der Waals surface area contributed by atoms with Crippen LogP contribution in [0.1, 0.15) is 38.2 Å². The minimum Gasteiger partial charge on any atom is -0.468 e. The van der Waals surface area contributed by atoms with Gasteiger partial charge in [-0.2, -0.15) is 13.2 Å². The van der Waals surface area contributed by atoms with Crippen molar-refractivity contribution < 1.29 is 17.9 Å². The van der Waals surface area contributed by atoms with Crippen LogP contribution >= 0.6 is 24.0 Å². The number of pyridine rings is 1. The Bertz CT molecular complexity index is 586. The minimum atomic E-state index is -4.38. The number of aromatic nitrogens is 1. The van der Waals surface area contributed by atoms with Gasteiger partial charge in [-0.15, -0.1) is 24.0 Å². The van der Waals surface area contributed by atoms with Gasteiger partial charge in [-0.1, -0.05) is 13.3 Å². The molecule has 0 aliphatic heterocycles. The third-order valence-electron chi connectivity index (χ3n) is 4.66. The number of halogens is 4. The van der Waals surface area contributed by atoms with Gasteiger partial charge in [0.05, 0.1) is 0 Å². The van der Waals surface area contributed by atoms with Gasteiger partial charge in [0.1, 0.15) is 0 Å². The summed E-state index contributed by atoms with van der Waals surface area (Å²) < 4.78 is 41.3. The monoisotopic (exact) mass is 486 g/mol. The number of nitrogens with zero attached hydrogens (tertiary/aromatic N) is 2. The SMILES string of the molecule is CCC1(CNC(=NC)NCc2ccnc(OCC(F)(F)F)c2)CCC1.I. The highest BCUT2D eigenvalue weighted by Gasteiger charge is 2.34. The highest BCUT2D eigenvalue weighted by molar-refractivity contribution is 14.0. The summed E-state index contributed by atoms with van der Waals surface area (Å²) in [6.07, 6.45) is 1.94. The van der Waals surface area contributed by atoms with Gasteiger partial charge < -0.3 is 15.4 Å². The molecule has 2 N–H and O–H groups in total. The molecule has 0 radical (unpaired) electrons. The number of ether oxygens (including phenoxy) is 1. The average Bonchev–Trinajstić information content (AvgIpc) is 2.55. The average molecular weight is 486 g/mol. The van der Waals surface area contributed by atoms with E-state index in [-0.39, 0.29) is 29.9 Å². The van der Waals surface area contributed by atoms with Gasteiger partial charge >= 0.3 is 6.18 Å². The largest absolute Gasteiger partial charge is 0.468 e. The molecule has 0 unspecified atom stereocenters. The normalized spacial score (nSPS) is 16.3. The molecule has 0 spiro atoms. The maximum atomic E-state index is 12.2. The molecule has 1 aromatic rings. The number of guanidine groups is 1. The Balaban J connectivity index is 0.00000338. The van der Waals surface area contributed by atoms with Crippen LogP contribution in [0, 0.1) is 5.41 Å². The van der Waals surface area contributed by atoms with E-state index in [1.807, 2.05) is 0 Å². The van der Waals surface area contributed by atoms with Crippen LogP contribution in [0.3, 0.4) is 0 Å². The molecule has 1 saturated carbocycles. The Morgan fingerprint density at radius 2 is 2.08 bits per heavy atom. The predicted molar refractivity (Wildman–Crippen MR) is 106 cm³/mol. The third kappa shape index (κ3) is 7.16. The van der Waals surface area contributed by atoms with Crippen molar-refractivity contribution in [2.24, 2.45) is 10.4 Å². The highest BCUT2D eigenvalue weighted by Crippen LogP contribution is 2.42. The van der Waals surface area contributed by atoms with Gasteiger partial charge in [0, 0.05) is 32.4 Å². The summed E-state index contributed by atoms with van der Waals surface area (Å²) in [5.41, 5.74) is 1.14. The van der Waals surface area contributed by atoms with E-state index in [2.05, 4.69) is 32.3 Å². The van der Waals surface area contributed by atoms with E-state index in [9.17, 15) is 13.2 Å². The molecule has 1 heterocycles. The van der Waals surface area contributed by atoms with Crippen LogP contribution in [0.25, 0.3) is 0 Å². The van der Waals surface area contributed by atoms with E-state index in [0.29, 0.717) is 17.9 Å². The molecule has 26 heavy (non-hydrogen) atoms. The Labute approximate surface area is 169 Å². The van der Waals surface area contributed by atoms with Crippen LogP contribution in [0.5, 0.6) is 5.88 Å². The quantitative estimate of drug-likeness (QED) is 0.349. The van der Waals surface area contributed by atoms with Crippen LogP contribution in [0.2, 0.25) is 0 Å². The summed E-state index contributed by atoms with van der Waals surface area (Å²) in [6.45, 7) is 2.15. The summed E-state index contributed by atoms with van der Waals surface area (Å²) in [5, 5.41) is 6.50. The lowest BCUT2D eigenvalue weighted by atomic mass is 9.67. The molecule has 148 valence electrons. The zero-order chi connectivity index (χ0) is 18.3. The smallest absolute Gasteiger partial charge is 0.422 e. The van der Waals surface area contributed by atoms with E-state index in [0.717, 1.165) is 18.5 Å². The van der Waals surface area contributed by atoms with Gasteiger partial charge in [-0.3, -0.25) is 4.99 Å². The van der Waals surface area contributed by atoms with Gasteiger partial charge in [-0.25, -0.2) is 4.98 Å². The topological polar surface area (TPSA) is 58.5 Å². The number of nitrogens with one attached hydrogen (secondary N) is 2. The predicted octanol–water partition coefficient (Wildman–Crippen LogP) is 3.89. The van der Waals surface area contributed by atoms with Crippen molar-refractivity contribution in [3.8, 4) is 5.88 Å². The number of hydrogen-bond donors (Lipinski definition) is 2. The molecule has 1 fully saturated rings. The summed E-state index contributed by atoms with van der Waals surface area (Å²) in [6, 6.07) is 3.21. The fourth-order valence-corrected chi connectivity index (χ4v) is 2.80. The summed E-state index contributed by atoms with van der Waals surface area (Å²) in [7, 11) is 1.69. The van der Waals surface area contributed by atoms with E-state index >= 15 is 0 Å². The molecule has 5 nitrogen and oxygen atoms in total. The zero-order valence-corrected chi connectivity index (χ0v) is 17.4. The van der Waals surface area contributed by atoms with Crippen molar-refractivity contribution in [2.45, 2.75) is 45.3 Å². The fourth-order valence-electron chi connectivity index (χ4n) is 2.80. The lowest BCUT2D eigenvalue weighted by molar-refractivity contribution is -0.154. The van der Waals surface area contributed by atoms with E-state index < -0.39 is 12.8 Å².